The van der Waals surface area contributed by atoms with E-state index in [4.69, 9.17) is 0 Å². The quantitative estimate of drug-likeness (QED) is 0.747. The molecular weight excluding hydrogens is 348 g/mol. The van der Waals surface area contributed by atoms with E-state index >= 15 is 0 Å². The first kappa shape index (κ1) is 21.7. The number of hydrogen-bond donors (Lipinski definition) is 1. The summed E-state index contributed by atoms with van der Waals surface area (Å²) in [7, 11) is 0. The highest BCUT2D eigenvalue weighted by Crippen LogP contribution is 2.15. The van der Waals surface area contributed by atoms with Crippen molar-refractivity contribution in [2.24, 2.45) is 0 Å². The molecule has 4 heteroatoms. The van der Waals surface area contributed by atoms with E-state index < -0.39 is 6.04 Å². The van der Waals surface area contributed by atoms with Crippen LogP contribution in [-0.2, 0) is 22.6 Å². The predicted molar refractivity (Wildman–Crippen MR) is 114 cm³/mol. The van der Waals surface area contributed by atoms with E-state index in [9.17, 15) is 9.59 Å². The molecule has 0 heterocycles. The molecule has 0 aliphatic rings. The fraction of sp³-hybridized carbons (Fsp3) is 0.417. The summed E-state index contributed by atoms with van der Waals surface area (Å²) >= 11 is 0. The Morgan fingerprint density at radius 2 is 1.75 bits per heavy atom. The van der Waals surface area contributed by atoms with Gasteiger partial charge < -0.3 is 10.2 Å². The lowest BCUT2D eigenvalue weighted by Gasteiger charge is -2.30. The van der Waals surface area contributed by atoms with E-state index in [-0.39, 0.29) is 17.9 Å². The van der Waals surface area contributed by atoms with Crippen LogP contribution in [0.5, 0.6) is 0 Å². The van der Waals surface area contributed by atoms with Crippen LogP contribution < -0.4 is 5.32 Å². The van der Waals surface area contributed by atoms with Crippen LogP contribution in [-0.4, -0.2) is 28.8 Å². The molecule has 0 unspecified atom stereocenters. The summed E-state index contributed by atoms with van der Waals surface area (Å²) in [5, 5.41) is 3.00. The first-order valence-corrected chi connectivity index (χ1v) is 10.0. The number of benzene rings is 2. The monoisotopic (exact) mass is 380 g/mol. The second-order valence-corrected chi connectivity index (χ2v) is 7.61. The maximum Gasteiger partial charge on any atom is 0.242 e. The van der Waals surface area contributed by atoms with Crippen LogP contribution >= 0.6 is 0 Å². The van der Waals surface area contributed by atoms with Crippen molar-refractivity contribution in [3.63, 3.8) is 0 Å². The van der Waals surface area contributed by atoms with E-state index in [1.54, 1.807) is 4.90 Å². The van der Waals surface area contributed by atoms with Crippen molar-refractivity contribution in [1.29, 1.82) is 0 Å². The van der Waals surface area contributed by atoms with Gasteiger partial charge in [-0.3, -0.25) is 9.59 Å². The van der Waals surface area contributed by atoms with Gasteiger partial charge in [-0.1, -0.05) is 61.0 Å². The van der Waals surface area contributed by atoms with Gasteiger partial charge in [0.25, 0.3) is 0 Å². The first-order chi connectivity index (χ1) is 13.3. The molecule has 28 heavy (non-hydrogen) atoms. The molecule has 1 N–H and O–H groups in total. The Hall–Kier alpha value is -2.62. The maximum atomic E-state index is 13.2. The third-order valence-electron chi connectivity index (χ3n) is 5.21. The molecular formula is C24H32N2O2. The number of carbonyl (C=O) groups excluding carboxylic acids is 2. The van der Waals surface area contributed by atoms with Gasteiger partial charge in [0.05, 0.1) is 6.42 Å². The van der Waals surface area contributed by atoms with Crippen molar-refractivity contribution < 1.29 is 9.59 Å². The van der Waals surface area contributed by atoms with E-state index in [1.807, 2.05) is 77.1 Å². The molecule has 0 saturated heterocycles. The van der Waals surface area contributed by atoms with Crippen LogP contribution in [0, 0.1) is 13.8 Å². The van der Waals surface area contributed by atoms with Crippen molar-refractivity contribution in [2.75, 3.05) is 0 Å². The molecule has 0 aliphatic heterocycles. The van der Waals surface area contributed by atoms with Crippen LogP contribution in [0.25, 0.3) is 0 Å². The Balaban J connectivity index is 2.25. The summed E-state index contributed by atoms with van der Waals surface area (Å²) < 4.78 is 0. The number of amides is 2. The number of hydrogen-bond acceptors (Lipinski definition) is 2. The molecule has 150 valence electrons. The number of nitrogens with zero attached hydrogens (tertiary/aromatic N) is 1. The minimum Gasteiger partial charge on any atom is -0.352 e. The third-order valence-corrected chi connectivity index (χ3v) is 5.21. The Morgan fingerprint density at radius 1 is 1.04 bits per heavy atom. The molecule has 2 aromatic carbocycles. The highest BCUT2D eigenvalue weighted by molar-refractivity contribution is 5.88. The second-order valence-electron chi connectivity index (χ2n) is 7.61. The molecule has 0 aliphatic carbocycles. The molecule has 0 spiro atoms. The SMILES string of the molecule is CC[C@H](C)NC(=O)[C@@H](C)N(Cc1cccc(C)c1)C(=O)Cc1ccccc1C. The average molecular weight is 381 g/mol. The average Bonchev–Trinajstić information content (AvgIpc) is 2.67. The minimum atomic E-state index is -0.536. The molecule has 2 rings (SSSR count). The molecule has 0 bridgehead atoms. The summed E-state index contributed by atoms with van der Waals surface area (Å²) in [6.45, 7) is 10.3. The fourth-order valence-electron chi connectivity index (χ4n) is 3.13. The second kappa shape index (κ2) is 10.1. The van der Waals surface area contributed by atoms with Crippen LogP contribution in [0.4, 0.5) is 0 Å². The molecule has 0 aromatic heterocycles. The van der Waals surface area contributed by atoms with Gasteiger partial charge in [-0.15, -0.1) is 0 Å². The van der Waals surface area contributed by atoms with Crippen molar-refractivity contribution >= 4 is 11.8 Å². The van der Waals surface area contributed by atoms with Crippen molar-refractivity contribution in [3.05, 3.63) is 70.8 Å². The number of nitrogens with one attached hydrogen (secondary N) is 1. The minimum absolute atomic E-state index is 0.0393. The van der Waals surface area contributed by atoms with E-state index in [0.29, 0.717) is 13.0 Å². The molecule has 2 amide bonds. The zero-order chi connectivity index (χ0) is 20.7. The molecule has 0 saturated carbocycles. The summed E-state index contributed by atoms with van der Waals surface area (Å²) in [6, 6.07) is 15.5. The zero-order valence-electron chi connectivity index (χ0n) is 17.7. The Morgan fingerprint density at radius 3 is 2.39 bits per heavy atom. The van der Waals surface area contributed by atoms with Gasteiger partial charge in [0, 0.05) is 12.6 Å². The Bertz CT molecular complexity index is 816. The van der Waals surface area contributed by atoms with Crippen molar-refractivity contribution in [3.8, 4) is 0 Å². The first-order valence-electron chi connectivity index (χ1n) is 10.0. The number of aryl methyl sites for hydroxylation is 2. The van der Waals surface area contributed by atoms with Gasteiger partial charge in [-0.25, -0.2) is 0 Å². The van der Waals surface area contributed by atoms with Gasteiger partial charge in [-0.05, 0) is 50.8 Å². The molecule has 4 nitrogen and oxygen atoms in total. The lowest BCUT2D eigenvalue weighted by molar-refractivity contribution is -0.140. The van der Waals surface area contributed by atoms with E-state index in [0.717, 1.165) is 28.7 Å². The van der Waals surface area contributed by atoms with Crippen molar-refractivity contribution in [2.45, 2.75) is 66.1 Å². The van der Waals surface area contributed by atoms with Crippen LogP contribution in [0.15, 0.2) is 48.5 Å². The lowest BCUT2D eigenvalue weighted by Crippen LogP contribution is -2.49. The Labute approximate surface area is 169 Å². The summed E-state index contributed by atoms with van der Waals surface area (Å²) in [4.78, 5) is 27.6. The van der Waals surface area contributed by atoms with Gasteiger partial charge in [-0.2, -0.15) is 0 Å². The number of rotatable bonds is 8. The van der Waals surface area contributed by atoms with Gasteiger partial charge in [0.1, 0.15) is 6.04 Å². The lowest BCUT2D eigenvalue weighted by atomic mass is 10.0. The van der Waals surface area contributed by atoms with Gasteiger partial charge in [0.15, 0.2) is 0 Å². The smallest absolute Gasteiger partial charge is 0.242 e. The summed E-state index contributed by atoms with van der Waals surface area (Å²) in [5.41, 5.74) is 4.25. The summed E-state index contributed by atoms with van der Waals surface area (Å²) in [6.07, 6.45) is 1.15. The maximum absolute atomic E-state index is 13.2. The molecule has 2 aromatic rings. The van der Waals surface area contributed by atoms with Crippen molar-refractivity contribution in [1.82, 2.24) is 10.2 Å². The third kappa shape index (κ3) is 5.95. The van der Waals surface area contributed by atoms with Gasteiger partial charge in [0.2, 0.25) is 11.8 Å². The molecule has 2 atom stereocenters. The standard InChI is InChI=1S/C24H32N2O2/c1-6-19(4)25-24(28)20(5)26(16-21-12-9-10-17(2)14-21)23(27)15-22-13-8-7-11-18(22)3/h7-14,19-20H,6,15-16H2,1-5H3,(H,25,28)/t19-,20+/m0/s1. The fourth-order valence-corrected chi connectivity index (χ4v) is 3.13. The van der Waals surface area contributed by atoms with Crippen LogP contribution in [0.1, 0.15) is 49.4 Å². The largest absolute Gasteiger partial charge is 0.352 e. The van der Waals surface area contributed by atoms with E-state index in [1.165, 1.54) is 0 Å². The predicted octanol–water partition coefficient (Wildman–Crippen LogP) is 4.18. The highest BCUT2D eigenvalue weighted by atomic mass is 16.2. The zero-order valence-corrected chi connectivity index (χ0v) is 17.7. The van der Waals surface area contributed by atoms with Gasteiger partial charge >= 0.3 is 0 Å². The highest BCUT2D eigenvalue weighted by Gasteiger charge is 2.27. The van der Waals surface area contributed by atoms with E-state index in [2.05, 4.69) is 11.4 Å². The Kier molecular flexibility index (Phi) is 7.80. The molecule has 0 radical (unpaired) electrons. The normalized spacial score (nSPS) is 12.9. The summed E-state index contributed by atoms with van der Waals surface area (Å²) in [5.74, 6) is -0.150. The van der Waals surface area contributed by atoms with Crippen LogP contribution in [0.3, 0.4) is 0 Å². The number of carbonyl (C=O) groups is 2. The molecule has 0 fully saturated rings. The van der Waals surface area contributed by atoms with Crippen LogP contribution in [0.2, 0.25) is 0 Å². The topological polar surface area (TPSA) is 49.4 Å².